The van der Waals surface area contributed by atoms with Crippen molar-refractivity contribution in [2.45, 2.75) is 13.5 Å². The number of morpholine rings is 1. The summed E-state index contributed by atoms with van der Waals surface area (Å²) < 4.78 is 18.1. The molecule has 0 aliphatic carbocycles. The zero-order valence-electron chi connectivity index (χ0n) is 19.8. The maximum absolute atomic E-state index is 14.1. The van der Waals surface area contributed by atoms with Crippen LogP contribution in [0.15, 0.2) is 29.2 Å². The molecule has 1 fully saturated rings. The Balaban J connectivity index is 1.77. The maximum atomic E-state index is 14.1. The van der Waals surface area contributed by atoms with E-state index in [0.717, 1.165) is 40.7 Å². The van der Waals surface area contributed by atoms with Gasteiger partial charge in [-0.3, -0.25) is 9.69 Å². The normalized spacial score (nSPS) is 14.7. The van der Waals surface area contributed by atoms with E-state index < -0.39 is 0 Å². The Morgan fingerprint density at radius 3 is 2.40 bits per heavy atom. The molecule has 0 amide bonds. The molecule has 1 aliphatic heterocycles. The van der Waals surface area contributed by atoms with Gasteiger partial charge in [-0.1, -0.05) is 23.2 Å². The number of nitrogens with one attached hydrogen (secondary N) is 1. The number of aryl methyl sites for hydroxylation is 1. The van der Waals surface area contributed by atoms with Crippen molar-refractivity contribution in [1.29, 1.82) is 0 Å². The van der Waals surface area contributed by atoms with E-state index in [0.29, 0.717) is 48.9 Å². The largest absolute Gasteiger partial charge is 0.495 e. The van der Waals surface area contributed by atoms with Gasteiger partial charge in [0.1, 0.15) is 17.1 Å². The summed E-state index contributed by atoms with van der Waals surface area (Å²) in [7, 11) is 3.02. The summed E-state index contributed by atoms with van der Waals surface area (Å²) in [6.07, 6.45) is 1.76. The van der Waals surface area contributed by atoms with Crippen molar-refractivity contribution in [3.63, 3.8) is 0 Å². The molecule has 1 aliphatic rings. The summed E-state index contributed by atoms with van der Waals surface area (Å²) in [5.41, 5.74) is 3.07. The number of ether oxygens (including phenoxy) is 3. The highest BCUT2D eigenvalue weighted by atomic mass is 35.5. The Hall–Kier alpha value is -2.78. The second kappa shape index (κ2) is 9.70. The Morgan fingerprint density at radius 1 is 1.06 bits per heavy atom. The van der Waals surface area contributed by atoms with Crippen LogP contribution in [0.3, 0.4) is 0 Å². The highest BCUT2D eigenvalue weighted by molar-refractivity contribution is 6.41. The Morgan fingerprint density at radius 2 is 1.74 bits per heavy atom. The van der Waals surface area contributed by atoms with Gasteiger partial charge in [-0.2, -0.15) is 0 Å². The van der Waals surface area contributed by atoms with Gasteiger partial charge < -0.3 is 23.8 Å². The van der Waals surface area contributed by atoms with Crippen LogP contribution in [-0.4, -0.2) is 66.5 Å². The quantitative estimate of drug-likeness (QED) is 0.406. The maximum Gasteiger partial charge on any atom is 0.259 e. The summed E-state index contributed by atoms with van der Waals surface area (Å²) in [5.74, 6) is 0.745. The van der Waals surface area contributed by atoms with E-state index >= 15 is 0 Å². The summed E-state index contributed by atoms with van der Waals surface area (Å²) in [5, 5.41) is 2.20. The second-order valence-corrected chi connectivity index (χ2v) is 9.29. The van der Waals surface area contributed by atoms with Gasteiger partial charge in [0.2, 0.25) is 0 Å². The first kappa shape index (κ1) is 23.9. The van der Waals surface area contributed by atoms with Gasteiger partial charge in [0.25, 0.3) is 5.56 Å². The first-order valence-electron chi connectivity index (χ1n) is 11.3. The number of methoxy groups -OCH3 is 2. The average Bonchev–Trinajstić information content (AvgIpc) is 3.25. The molecular weight excluding hydrogens is 491 g/mol. The molecule has 0 saturated carbocycles. The highest BCUT2D eigenvalue weighted by Gasteiger charge is 2.24. The summed E-state index contributed by atoms with van der Waals surface area (Å²) >= 11 is 13.4. The number of aromatic amines is 1. The van der Waals surface area contributed by atoms with Gasteiger partial charge in [-0.15, -0.1) is 0 Å². The first-order valence-corrected chi connectivity index (χ1v) is 12.1. The van der Waals surface area contributed by atoms with E-state index in [9.17, 15) is 4.79 Å². The molecule has 184 valence electrons. The van der Waals surface area contributed by atoms with E-state index in [1.165, 1.54) is 14.2 Å². The number of aromatic nitrogens is 3. The fourth-order valence-corrected chi connectivity index (χ4v) is 5.36. The minimum atomic E-state index is -0.198. The molecule has 35 heavy (non-hydrogen) atoms. The predicted molar refractivity (Wildman–Crippen MR) is 138 cm³/mol. The van der Waals surface area contributed by atoms with Gasteiger partial charge in [0, 0.05) is 60.5 Å². The fourth-order valence-electron chi connectivity index (χ4n) is 4.66. The number of hydrogen-bond acceptors (Lipinski definition) is 6. The van der Waals surface area contributed by atoms with Crippen molar-refractivity contribution < 1.29 is 14.2 Å². The van der Waals surface area contributed by atoms with E-state index in [4.69, 9.17) is 37.4 Å². The number of pyridine rings is 2. The number of hydrogen-bond donors (Lipinski definition) is 1. The Kier molecular flexibility index (Phi) is 6.63. The van der Waals surface area contributed by atoms with Gasteiger partial charge in [-0.25, -0.2) is 4.98 Å². The third-order valence-corrected chi connectivity index (χ3v) is 7.18. The van der Waals surface area contributed by atoms with Crippen LogP contribution < -0.4 is 15.0 Å². The Bertz CT molecular complexity index is 1450. The SMILES string of the molecule is COc1cc(OC)c(Cl)c(-c2cc3cnc4[nH]c(C)cc4c3n(CCN3CCOCC3)c2=O)c1Cl. The number of rotatable bonds is 6. The third-order valence-electron chi connectivity index (χ3n) is 6.42. The lowest BCUT2D eigenvalue weighted by Gasteiger charge is -2.27. The molecule has 5 rings (SSSR count). The lowest BCUT2D eigenvalue weighted by Crippen LogP contribution is -2.39. The number of fused-ring (bicyclic) bond motifs is 3. The molecule has 0 atom stereocenters. The van der Waals surface area contributed by atoms with Crippen molar-refractivity contribution in [1.82, 2.24) is 19.4 Å². The molecule has 4 aromatic rings. The molecule has 1 saturated heterocycles. The number of H-pyrrole nitrogens is 1. The minimum absolute atomic E-state index is 0.198. The predicted octanol–water partition coefficient (Wildman–Crippen LogP) is 4.51. The number of nitrogens with zero attached hydrogens (tertiary/aromatic N) is 3. The van der Waals surface area contributed by atoms with Crippen LogP contribution in [0.4, 0.5) is 0 Å². The molecular formula is C25H26Cl2N4O4. The van der Waals surface area contributed by atoms with Crippen LogP contribution in [0.1, 0.15) is 5.69 Å². The average molecular weight is 517 g/mol. The van der Waals surface area contributed by atoms with Crippen LogP contribution in [-0.2, 0) is 11.3 Å². The van der Waals surface area contributed by atoms with Crippen molar-refractivity contribution in [2.24, 2.45) is 0 Å². The van der Waals surface area contributed by atoms with Crippen molar-refractivity contribution in [2.75, 3.05) is 47.1 Å². The molecule has 0 unspecified atom stereocenters. The monoisotopic (exact) mass is 516 g/mol. The van der Waals surface area contributed by atoms with Crippen LogP contribution in [0.2, 0.25) is 10.0 Å². The van der Waals surface area contributed by atoms with Gasteiger partial charge in [0.05, 0.1) is 48.6 Å². The minimum Gasteiger partial charge on any atom is -0.495 e. The molecule has 0 spiro atoms. The first-order chi connectivity index (χ1) is 16.9. The van der Waals surface area contributed by atoms with E-state index in [2.05, 4.69) is 14.9 Å². The highest BCUT2D eigenvalue weighted by Crippen LogP contribution is 2.45. The van der Waals surface area contributed by atoms with Crippen LogP contribution in [0.5, 0.6) is 11.5 Å². The molecule has 1 aromatic carbocycles. The molecule has 1 N–H and O–H groups in total. The van der Waals surface area contributed by atoms with Crippen molar-refractivity contribution in [3.05, 3.63) is 50.5 Å². The van der Waals surface area contributed by atoms with Gasteiger partial charge in [-0.05, 0) is 19.1 Å². The second-order valence-electron chi connectivity index (χ2n) is 8.53. The van der Waals surface area contributed by atoms with Crippen LogP contribution in [0.25, 0.3) is 33.1 Å². The topological polar surface area (TPSA) is 81.6 Å². The third kappa shape index (κ3) is 4.25. The van der Waals surface area contributed by atoms with E-state index in [-0.39, 0.29) is 15.6 Å². The summed E-state index contributed by atoms with van der Waals surface area (Å²) in [6.45, 7) is 6.21. The van der Waals surface area contributed by atoms with E-state index in [1.54, 1.807) is 22.9 Å². The zero-order valence-corrected chi connectivity index (χ0v) is 21.3. The zero-order chi connectivity index (χ0) is 24.7. The molecule has 0 bridgehead atoms. The number of halogens is 2. The van der Waals surface area contributed by atoms with Gasteiger partial charge in [0.15, 0.2) is 0 Å². The van der Waals surface area contributed by atoms with Gasteiger partial charge >= 0.3 is 0 Å². The molecule has 10 heteroatoms. The number of benzene rings is 1. The standard InChI is InChI=1S/C25H26Cl2N4O4/c1-14-10-17-23-15(13-28-24(17)29-14)11-16(20-21(26)18(33-2)12-19(34-3)22(20)27)25(32)31(23)5-4-30-6-8-35-9-7-30/h10-13H,4-9H2,1-3H3,(H,28,29). The summed E-state index contributed by atoms with van der Waals surface area (Å²) in [4.78, 5) is 24.2. The fraction of sp³-hybridized carbons (Fsp3) is 0.360. The van der Waals surface area contributed by atoms with Crippen molar-refractivity contribution in [3.8, 4) is 22.6 Å². The molecule has 8 nitrogen and oxygen atoms in total. The molecule has 3 aromatic heterocycles. The smallest absolute Gasteiger partial charge is 0.259 e. The summed E-state index contributed by atoms with van der Waals surface area (Å²) in [6, 6.07) is 5.42. The lowest BCUT2D eigenvalue weighted by atomic mass is 10.0. The van der Waals surface area contributed by atoms with E-state index in [1.807, 2.05) is 13.0 Å². The molecule has 0 radical (unpaired) electrons. The Labute approximate surface area is 212 Å². The lowest BCUT2D eigenvalue weighted by molar-refractivity contribution is 0.0364. The van der Waals surface area contributed by atoms with Crippen LogP contribution >= 0.6 is 23.2 Å². The molecule has 4 heterocycles. The van der Waals surface area contributed by atoms with Crippen molar-refractivity contribution >= 4 is 45.1 Å². The van der Waals surface area contributed by atoms with Crippen LogP contribution in [0, 0.1) is 6.92 Å².